The normalized spacial score (nSPS) is 46.4. The fourth-order valence-corrected chi connectivity index (χ4v) is 2.56. The van der Waals surface area contributed by atoms with Crippen molar-refractivity contribution in [2.75, 3.05) is 0 Å². The molecule has 0 aromatic heterocycles. The number of allylic oxidation sites excluding steroid dienone is 2. The highest BCUT2D eigenvalue weighted by atomic mass is 16.6. The van der Waals surface area contributed by atoms with Gasteiger partial charge in [-0.15, -0.1) is 0 Å². The van der Waals surface area contributed by atoms with Gasteiger partial charge in [0.05, 0.1) is 12.2 Å². The summed E-state index contributed by atoms with van der Waals surface area (Å²) < 4.78 is 5.41. The third kappa shape index (κ3) is 0.567. The Labute approximate surface area is 61.1 Å². The molecule has 1 heterocycles. The van der Waals surface area contributed by atoms with E-state index < -0.39 is 0 Å². The third-order valence-electron chi connectivity index (χ3n) is 3.22. The highest BCUT2D eigenvalue weighted by Gasteiger charge is 2.55. The molecule has 1 spiro atoms. The Hall–Kier alpha value is -0.300. The van der Waals surface area contributed by atoms with Gasteiger partial charge in [0.1, 0.15) is 0 Å². The SMILES string of the molecule is C1=CCC2(C1)CC1OC1C2. The van der Waals surface area contributed by atoms with Gasteiger partial charge in [-0.1, -0.05) is 12.2 Å². The van der Waals surface area contributed by atoms with Crippen LogP contribution in [0, 0.1) is 5.41 Å². The standard InChI is InChI=1S/C9H12O/c1-2-4-9(3-1)5-7-8(6-9)10-7/h1-2,7-8H,3-6H2. The molecular formula is C9H12O. The fourth-order valence-electron chi connectivity index (χ4n) is 2.56. The Bertz CT molecular complexity index is 175. The lowest BCUT2D eigenvalue weighted by Crippen LogP contribution is -2.14. The lowest BCUT2D eigenvalue weighted by atomic mass is 9.83. The predicted octanol–water partition coefficient (Wildman–Crippen LogP) is 1.88. The summed E-state index contributed by atoms with van der Waals surface area (Å²) in [5.74, 6) is 0. The summed E-state index contributed by atoms with van der Waals surface area (Å²) in [5, 5.41) is 0. The summed E-state index contributed by atoms with van der Waals surface area (Å²) in [7, 11) is 0. The zero-order chi connectivity index (χ0) is 6.60. The largest absolute Gasteiger partial charge is 0.370 e. The first kappa shape index (κ1) is 5.36. The van der Waals surface area contributed by atoms with Crippen LogP contribution in [0.3, 0.4) is 0 Å². The molecular weight excluding hydrogens is 124 g/mol. The van der Waals surface area contributed by atoms with Crippen molar-refractivity contribution in [2.45, 2.75) is 37.9 Å². The van der Waals surface area contributed by atoms with E-state index in [4.69, 9.17) is 4.74 Å². The van der Waals surface area contributed by atoms with Gasteiger partial charge in [-0.3, -0.25) is 0 Å². The maximum Gasteiger partial charge on any atom is 0.0847 e. The monoisotopic (exact) mass is 136 g/mol. The molecule has 3 rings (SSSR count). The van der Waals surface area contributed by atoms with Gasteiger partial charge in [0.25, 0.3) is 0 Å². The Balaban J connectivity index is 1.82. The van der Waals surface area contributed by atoms with Gasteiger partial charge in [0.15, 0.2) is 0 Å². The maximum absolute atomic E-state index is 5.41. The van der Waals surface area contributed by atoms with E-state index in [-0.39, 0.29) is 0 Å². The number of fused-ring (bicyclic) bond motifs is 1. The van der Waals surface area contributed by atoms with Gasteiger partial charge >= 0.3 is 0 Å². The molecule has 0 bridgehead atoms. The van der Waals surface area contributed by atoms with Gasteiger partial charge in [-0.25, -0.2) is 0 Å². The molecule has 1 nitrogen and oxygen atoms in total. The van der Waals surface area contributed by atoms with Crippen LogP contribution in [0.2, 0.25) is 0 Å². The zero-order valence-electron chi connectivity index (χ0n) is 6.05. The summed E-state index contributed by atoms with van der Waals surface area (Å²) >= 11 is 0. The number of hydrogen-bond donors (Lipinski definition) is 0. The molecule has 2 atom stereocenters. The lowest BCUT2D eigenvalue weighted by Gasteiger charge is -2.23. The molecule has 1 aliphatic heterocycles. The average Bonchev–Trinajstić information content (AvgIpc) is 2.45. The molecule has 54 valence electrons. The van der Waals surface area contributed by atoms with Crippen molar-refractivity contribution in [3.8, 4) is 0 Å². The van der Waals surface area contributed by atoms with E-state index in [2.05, 4.69) is 12.2 Å². The Morgan fingerprint density at radius 3 is 2.30 bits per heavy atom. The van der Waals surface area contributed by atoms with E-state index in [0.29, 0.717) is 17.6 Å². The first-order valence-corrected chi connectivity index (χ1v) is 4.19. The van der Waals surface area contributed by atoms with Crippen molar-refractivity contribution in [3.05, 3.63) is 12.2 Å². The molecule has 1 heteroatoms. The van der Waals surface area contributed by atoms with Gasteiger partial charge in [-0.05, 0) is 31.1 Å². The van der Waals surface area contributed by atoms with Crippen LogP contribution >= 0.6 is 0 Å². The molecule has 2 aliphatic carbocycles. The van der Waals surface area contributed by atoms with Crippen LogP contribution in [-0.4, -0.2) is 12.2 Å². The van der Waals surface area contributed by atoms with Crippen molar-refractivity contribution < 1.29 is 4.74 Å². The van der Waals surface area contributed by atoms with Crippen LogP contribution in [0.5, 0.6) is 0 Å². The van der Waals surface area contributed by atoms with E-state index >= 15 is 0 Å². The molecule has 0 amide bonds. The molecule has 2 unspecified atom stereocenters. The van der Waals surface area contributed by atoms with E-state index in [1.54, 1.807) is 0 Å². The lowest BCUT2D eigenvalue weighted by molar-refractivity contribution is 0.187. The number of epoxide rings is 1. The van der Waals surface area contributed by atoms with Gasteiger partial charge in [-0.2, -0.15) is 0 Å². The first-order valence-electron chi connectivity index (χ1n) is 4.19. The van der Waals surface area contributed by atoms with Crippen molar-refractivity contribution in [1.29, 1.82) is 0 Å². The van der Waals surface area contributed by atoms with E-state index in [1.165, 1.54) is 25.7 Å². The molecule has 1 saturated heterocycles. The molecule has 1 saturated carbocycles. The summed E-state index contributed by atoms with van der Waals surface area (Å²) in [4.78, 5) is 0. The molecule has 0 aromatic carbocycles. The predicted molar refractivity (Wildman–Crippen MR) is 38.7 cm³/mol. The van der Waals surface area contributed by atoms with Crippen LogP contribution in [0.25, 0.3) is 0 Å². The highest BCUT2D eigenvalue weighted by molar-refractivity contribution is 5.12. The average molecular weight is 136 g/mol. The zero-order valence-corrected chi connectivity index (χ0v) is 6.05. The molecule has 0 aromatic rings. The van der Waals surface area contributed by atoms with Crippen molar-refractivity contribution in [2.24, 2.45) is 5.41 Å². The Kier molecular flexibility index (Phi) is 0.791. The number of ether oxygens (including phenoxy) is 1. The van der Waals surface area contributed by atoms with Crippen LogP contribution in [0.15, 0.2) is 12.2 Å². The minimum Gasteiger partial charge on any atom is -0.370 e. The maximum atomic E-state index is 5.41. The second-order valence-electron chi connectivity index (χ2n) is 4.00. The fraction of sp³-hybridized carbons (Fsp3) is 0.778. The summed E-state index contributed by atoms with van der Waals surface area (Å²) in [6.45, 7) is 0. The van der Waals surface area contributed by atoms with Crippen LogP contribution in [0.1, 0.15) is 25.7 Å². The van der Waals surface area contributed by atoms with E-state index in [1.807, 2.05) is 0 Å². The van der Waals surface area contributed by atoms with Crippen molar-refractivity contribution in [3.63, 3.8) is 0 Å². The van der Waals surface area contributed by atoms with Gasteiger partial charge < -0.3 is 4.74 Å². The van der Waals surface area contributed by atoms with Crippen molar-refractivity contribution >= 4 is 0 Å². The van der Waals surface area contributed by atoms with Crippen LogP contribution in [0.4, 0.5) is 0 Å². The van der Waals surface area contributed by atoms with E-state index in [0.717, 1.165) is 0 Å². The smallest absolute Gasteiger partial charge is 0.0847 e. The Morgan fingerprint density at radius 2 is 1.70 bits per heavy atom. The first-order chi connectivity index (χ1) is 4.88. The van der Waals surface area contributed by atoms with E-state index in [9.17, 15) is 0 Å². The molecule has 3 aliphatic rings. The topological polar surface area (TPSA) is 12.5 Å². The number of rotatable bonds is 0. The van der Waals surface area contributed by atoms with Gasteiger partial charge in [0, 0.05) is 0 Å². The second-order valence-corrected chi connectivity index (χ2v) is 4.00. The van der Waals surface area contributed by atoms with Crippen LogP contribution < -0.4 is 0 Å². The Morgan fingerprint density at radius 1 is 1.10 bits per heavy atom. The van der Waals surface area contributed by atoms with Gasteiger partial charge in [0.2, 0.25) is 0 Å². The quantitative estimate of drug-likeness (QED) is 0.366. The summed E-state index contributed by atoms with van der Waals surface area (Å²) in [5.41, 5.74) is 0.674. The minimum atomic E-state index is 0.667. The minimum absolute atomic E-state index is 0.667. The summed E-state index contributed by atoms with van der Waals surface area (Å²) in [6.07, 6.45) is 11.3. The third-order valence-corrected chi connectivity index (χ3v) is 3.22. The summed E-state index contributed by atoms with van der Waals surface area (Å²) in [6, 6.07) is 0. The second kappa shape index (κ2) is 1.48. The molecule has 0 radical (unpaired) electrons. The molecule has 0 N–H and O–H groups in total. The molecule has 10 heavy (non-hydrogen) atoms. The number of hydrogen-bond acceptors (Lipinski definition) is 1. The highest BCUT2D eigenvalue weighted by Crippen LogP contribution is 2.55. The van der Waals surface area contributed by atoms with Crippen LogP contribution in [-0.2, 0) is 4.74 Å². The molecule has 2 fully saturated rings. The van der Waals surface area contributed by atoms with Crippen molar-refractivity contribution in [1.82, 2.24) is 0 Å².